The Morgan fingerprint density at radius 2 is 2.42 bits per heavy atom. The van der Waals surface area contributed by atoms with Crippen LogP contribution >= 0.6 is 11.3 Å². The number of aromatic nitrogens is 1. The first-order chi connectivity index (χ1) is 8.95. The van der Waals surface area contributed by atoms with Gasteiger partial charge in [0.25, 0.3) is 10.0 Å². The fourth-order valence-electron chi connectivity index (χ4n) is 2.07. The van der Waals surface area contributed by atoms with E-state index in [4.69, 9.17) is 10.9 Å². The van der Waals surface area contributed by atoms with Gasteiger partial charge in [-0.25, -0.2) is 13.4 Å². The summed E-state index contributed by atoms with van der Waals surface area (Å²) in [4.78, 5) is 3.97. The SMILES string of the molecule is Cc1ncc(S(=O)(=O)N2CCCC(/C(N)=N/O)C2)s1. The van der Waals surface area contributed by atoms with Gasteiger partial charge >= 0.3 is 0 Å². The zero-order valence-corrected chi connectivity index (χ0v) is 12.1. The number of nitrogens with zero attached hydrogens (tertiary/aromatic N) is 3. The smallest absolute Gasteiger partial charge is 0.254 e. The lowest BCUT2D eigenvalue weighted by Crippen LogP contribution is -2.43. The van der Waals surface area contributed by atoms with Crippen LogP contribution in [0.5, 0.6) is 0 Å². The number of thiazole rings is 1. The van der Waals surface area contributed by atoms with Gasteiger partial charge in [0.15, 0.2) is 4.21 Å². The molecule has 1 fully saturated rings. The standard InChI is InChI=1S/C10H16N4O3S2/c1-7-12-5-9(18-7)19(16,17)14-4-2-3-8(6-14)10(11)13-15/h5,8,15H,2-4,6H2,1H3,(H2,11,13). The molecule has 1 aliphatic heterocycles. The minimum atomic E-state index is -3.52. The Balaban J connectivity index is 2.21. The Bertz CT molecular complexity index is 581. The summed E-state index contributed by atoms with van der Waals surface area (Å²) in [6.07, 6.45) is 2.80. The van der Waals surface area contributed by atoms with Gasteiger partial charge in [-0.3, -0.25) is 0 Å². The van der Waals surface area contributed by atoms with Crippen LogP contribution in [-0.2, 0) is 10.0 Å². The third kappa shape index (κ3) is 2.88. The van der Waals surface area contributed by atoms with Crippen molar-refractivity contribution in [3.05, 3.63) is 11.2 Å². The molecule has 9 heteroatoms. The predicted molar refractivity (Wildman–Crippen MR) is 71.7 cm³/mol. The molecule has 106 valence electrons. The molecule has 0 aliphatic carbocycles. The molecular weight excluding hydrogens is 288 g/mol. The predicted octanol–water partition coefficient (Wildman–Crippen LogP) is 0.599. The average Bonchev–Trinajstić information content (AvgIpc) is 2.85. The Morgan fingerprint density at radius 1 is 1.68 bits per heavy atom. The molecule has 0 spiro atoms. The molecular formula is C10H16N4O3S2. The molecule has 1 aromatic rings. The minimum Gasteiger partial charge on any atom is -0.409 e. The van der Waals surface area contributed by atoms with Crippen molar-refractivity contribution in [3.8, 4) is 0 Å². The number of hydrogen-bond acceptors (Lipinski definition) is 6. The van der Waals surface area contributed by atoms with Gasteiger partial charge in [0.05, 0.1) is 11.2 Å². The lowest BCUT2D eigenvalue weighted by molar-refractivity contribution is 0.287. The lowest BCUT2D eigenvalue weighted by atomic mass is 9.99. The second-order valence-corrected chi connectivity index (χ2v) is 7.82. The summed E-state index contributed by atoms with van der Waals surface area (Å²) in [6, 6.07) is 0. The molecule has 19 heavy (non-hydrogen) atoms. The number of rotatable bonds is 3. The highest BCUT2D eigenvalue weighted by Crippen LogP contribution is 2.26. The summed E-state index contributed by atoms with van der Waals surface area (Å²) in [5.41, 5.74) is 5.56. The molecule has 2 rings (SSSR count). The third-order valence-electron chi connectivity index (χ3n) is 3.11. The maximum Gasteiger partial charge on any atom is 0.254 e. The Hall–Kier alpha value is -1.19. The van der Waals surface area contributed by atoms with Crippen LogP contribution in [0.15, 0.2) is 15.6 Å². The van der Waals surface area contributed by atoms with Crippen LogP contribution in [0, 0.1) is 12.8 Å². The maximum absolute atomic E-state index is 12.4. The van der Waals surface area contributed by atoms with Crippen LogP contribution < -0.4 is 5.73 Å². The highest BCUT2D eigenvalue weighted by molar-refractivity contribution is 7.91. The van der Waals surface area contributed by atoms with E-state index in [9.17, 15) is 8.42 Å². The van der Waals surface area contributed by atoms with E-state index in [1.165, 1.54) is 10.5 Å². The number of sulfonamides is 1. The molecule has 0 amide bonds. The second-order valence-electron chi connectivity index (χ2n) is 4.43. The van der Waals surface area contributed by atoms with Gasteiger partial charge in [-0.1, -0.05) is 5.16 Å². The maximum atomic E-state index is 12.4. The van der Waals surface area contributed by atoms with Crippen molar-refractivity contribution in [3.63, 3.8) is 0 Å². The first-order valence-corrected chi connectivity index (χ1v) is 8.11. The molecule has 1 unspecified atom stereocenters. The normalized spacial score (nSPS) is 22.6. The van der Waals surface area contributed by atoms with Crippen molar-refractivity contribution < 1.29 is 13.6 Å². The van der Waals surface area contributed by atoms with E-state index >= 15 is 0 Å². The molecule has 1 saturated heterocycles. The van der Waals surface area contributed by atoms with Crippen LogP contribution in [0.4, 0.5) is 0 Å². The summed E-state index contributed by atoms with van der Waals surface area (Å²) in [6.45, 7) is 2.46. The Morgan fingerprint density at radius 3 is 3.00 bits per heavy atom. The van der Waals surface area contributed by atoms with E-state index in [0.29, 0.717) is 18.0 Å². The molecule has 1 atom stereocenters. The van der Waals surface area contributed by atoms with Gasteiger partial charge in [0, 0.05) is 19.0 Å². The highest BCUT2D eigenvalue weighted by atomic mass is 32.2. The molecule has 0 aromatic carbocycles. The molecule has 0 radical (unpaired) electrons. The molecule has 1 aromatic heterocycles. The van der Waals surface area contributed by atoms with E-state index < -0.39 is 10.0 Å². The molecule has 3 N–H and O–H groups in total. The number of piperidine rings is 1. The molecule has 1 aliphatic rings. The summed E-state index contributed by atoms with van der Waals surface area (Å²) >= 11 is 1.15. The van der Waals surface area contributed by atoms with Crippen LogP contribution in [0.3, 0.4) is 0 Å². The zero-order chi connectivity index (χ0) is 14.0. The quantitative estimate of drug-likeness (QED) is 0.368. The molecule has 7 nitrogen and oxygen atoms in total. The van der Waals surface area contributed by atoms with Gasteiger partial charge in [-0.2, -0.15) is 4.31 Å². The van der Waals surface area contributed by atoms with Crippen LogP contribution in [0.1, 0.15) is 17.8 Å². The average molecular weight is 304 g/mol. The third-order valence-corrected chi connectivity index (χ3v) is 6.33. The van der Waals surface area contributed by atoms with E-state index in [1.807, 2.05) is 0 Å². The fraction of sp³-hybridized carbons (Fsp3) is 0.600. The van der Waals surface area contributed by atoms with Gasteiger partial charge in [0.2, 0.25) is 0 Å². The van der Waals surface area contributed by atoms with Crippen molar-refractivity contribution in [1.29, 1.82) is 0 Å². The Kier molecular flexibility index (Phi) is 4.07. The lowest BCUT2D eigenvalue weighted by Gasteiger charge is -2.30. The van der Waals surface area contributed by atoms with E-state index in [-0.39, 0.29) is 22.5 Å². The molecule has 0 bridgehead atoms. The number of oxime groups is 1. The Labute approximate surface area is 115 Å². The van der Waals surface area contributed by atoms with Crippen molar-refractivity contribution in [2.45, 2.75) is 24.0 Å². The molecule has 0 saturated carbocycles. The number of hydrogen-bond donors (Lipinski definition) is 2. The van der Waals surface area contributed by atoms with Crippen molar-refractivity contribution in [2.75, 3.05) is 13.1 Å². The largest absolute Gasteiger partial charge is 0.409 e. The van der Waals surface area contributed by atoms with Crippen molar-refractivity contribution >= 4 is 27.2 Å². The first kappa shape index (κ1) is 14.2. The summed E-state index contributed by atoms with van der Waals surface area (Å²) < 4.78 is 26.4. The topological polar surface area (TPSA) is 109 Å². The summed E-state index contributed by atoms with van der Waals surface area (Å²) in [7, 11) is -3.52. The number of nitrogens with two attached hydrogens (primary N) is 1. The van der Waals surface area contributed by atoms with E-state index in [2.05, 4.69) is 10.1 Å². The minimum absolute atomic E-state index is 0.0837. The van der Waals surface area contributed by atoms with Gasteiger partial charge < -0.3 is 10.9 Å². The van der Waals surface area contributed by atoms with E-state index in [0.717, 1.165) is 17.8 Å². The van der Waals surface area contributed by atoms with E-state index in [1.54, 1.807) is 6.92 Å². The second kappa shape index (κ2) is 5.43. The number of aryl methyl sites for hydroxylation is 1. The van der Waals surface area contributed by atoms with Crippen LogP contribution in [0.25, 0.3) is 0 Å². The zero-order valence-electron chi connectivity index (χ0n) is 10.5. The fourth-order valence-corrected chi connectivity index (χ4v) is 4.86. The summed E-state index contributed by atoms with van der Waals surface area (Å²) in [5.74, 6) is -0.150. The molecule has 2 heterocycles. The van der Waals surface area contributed by atoms with Crippen LogP contribution in [-0.4, -0.2) is 41.8 Å². The van der Waals surface area contributed by atoms with Gasteiger partial charge in [-0.15, -0.1) is 11.3 Å². The van der Waals surface area contributed by atoms with Crippen molar-refractivity contribution in [2.24, 2.45) is 16.8 Å². The van der Waals surface area contributed by atoms with Crippen LogP contribution in [0.2, 0.25) is 0 Å². The summed E-state index contributed by atoms with van der Waals surface area (Å²) in [5, 5.41) is 12.4. The number of amidine groups is 1. The van der Waals surface area contributed by atoms with Gasteiger partial charge in [-0.05, 0) is 19.8 Å². The van der Waals surface area contributed by atoms with Gasteiger partial charge in [0.1, 0.15) is 5.84 Å². The highest BCUT2D eigenvalue weighted by Gasteiger charge is 2.32. The van der Waals surface area contributed by atoms with Crippen molar-refractivity contribution in [1.82, 2.24) is 9.29 Å². The monoisotopic (exact) mass is 304 g/mol. The first-order valence-electron chi connectivity index (χ1n) is 5.85.